The molecule has 1 N–H and O–H groups in total. The standard InChI is InChI=1S/C8H12BrNO3S3/c1-2-15(11)6-4-10-16(12,13)8-7(9)3-5-14-8/h3,5,10H,2,4,6H2,1H3. The van der Waals surface area contributed by atoms with Crippen LogP contribution in [0.5, 0.6) is 0 Å². The Labute approximate surface area is 110 Å². The average Bonchev–Trinajstić information content (AvgIpc) is 2.64. The molecule has 4 nitrogen and oxygen atoms in total. The summed E-state index contributed by atoms with van der Waals surface area (Å²) >= 11 is 4.32. The Morgan fingerprint density at radius 1 is 1.56 bits per heavy atom. The van der Waals surface area contributed by atoms with Gasteiger partial charge in [0.15, 0.2) is 0 Å². The van der Waals surface area contributed by atoms with Crippen LogP contribution in [0.4, 0.5) is 0 Å². The maximum absolute atomic E-state index is 11.8. The zero-order chi connectivity index (χ0) is 12.2. The van der Waals surface area contributed by atoms with Crippen molar-refractivity contribution in [2.75, 3.05) is 18.1 Å². The van der Waals surface area contributed by atoms with Gasteiger partial charge in [0.05, 0.1) is 0 Å². The van der Waals surface area contributed by atoms with Crippen molar-refractivity contribution in [3.8, 4) is 0 Å². The van der Waals surface area contributed by atoms with E-state index in [1.807, 2.05) is 0 Å². The van der Waals surface area contributed by atoms with Crippen LogP contribution in [0.25, 0.3) is 0 Å². The molecule has 0 fully saturated rings. The van der Waals surface area contributed by atoms with E-state index < -0.39 is 20.8 Å². The van der Waals surface area contributed by atoms with E-state index in [0.717, 1.165) is 11.3 Å². The zero-order valence-electron chi connectivity index (χ0n) is 8.60. The minimum absolute atomic E-state index is 0.202. The lowest BCUT2D eigenvalue weighted by Gasteiger charge is -2.04. The topological polar surface area (TPSA) is 63.2 Å². The Kier molecular flexibility index (Phi) is 5.58. The van der Waals surface area contributed by atoms with Gasteiger partial charge in [-0.05, 0) is 27.4 Å². The normalized spacial score (nSPS) is 13.9. The minimum atomic E-state index is -3.46. The molecule has 0 aliphatic heterocycles. The first-order valence-corrected chi connectivity index (χ1v) is 9.19. The Morgan fingerprint density at radius 2 is 2.25 bits per heavy atom. The molecular formula is C8H12BrNO3S3. The second-order valence-electron chi connectivity index (χ2n) is 2.89. The van der Waals surface area contributed by atoms with Crippen molar-refractivity contribution >= 4 is 48.1 Å². The smallest absolute Gasteiger partial charge is 0.251 e. The summed E-state index contributed by atoms with van der Waals surface area (Å²) < 4.78 is 37.9. The molecule has 0 spiro atoms. The van der Waals surface area contributed by atoms with Crippen molar-refractivity contribution in [2.45, 2.75) is 11.1 Å². The first-order chi connectivity index (χ1) is 7.47. The molecule has 0 amide bonds. The summed E-state index contributed by atoms with van der Waals surface area (Å²) in [6, 6.07) is 1.68. The number of halogens is 1. The van der Waals surface area contributed by atoms with Crippen LogP contribution in [-0.2, 0) is 20.8 Å². The highest BCUT2D eigenvalue weighted by Gasteiger charge is 2.18. The van der Waals surface area contributed by atoms with E-state index in [1.165, 1.54) is 0 Å². The van der Waals surface area contributed by atoms with Crippen molar-refractivity contribution in [1.82, 2.24) is 4.72 Å². The summed E-state index contributed by atoms with van der Waals surface area (Å²) in [7, 11) is -4.41. The molecular weight excluding hydrogens is 334 g/mol. The fraction of sp³-hybridized carbons (Fsp3) is 0.500. The third-order valence-corrected chi connectivity index (χ3v) is 7.21. The van der Waals surface area contributed by atoms with Gasteiger partial charge in [-0.1, -0.05) is 6.92 Å². The summed E-state index contributed by atoms with van der Waals surface area (Å²) in [6.07, 6.45) is 0. The first kappa shape index (κ1) is 14.3. The Bertz CT molecular complexity index is 469. The van der Waals surface area contributed by atoms with Gasteiger partial charge in [0.25, 0.3) is 10.0 Å². The highest BCUT2D eigenvalue weighted by molar-refractivity contribution is 9.10. The Morgan fingerprint density at radius 3 is 2.75 bits per heavy atom. The van der Waals surface area contributed by atoms with Gasteiger partial charge in [0.1, 0.15) is 4.21 Å². The number of hydrogen-bond acceptors (Lipinski definition) is 4. The van der Waals surface area contributed by atoms with Gasteiger partial charge in [-0.15, -0.1) is 11.3 Å². The Balaban J connectivity index is 2.60. The maximum atomic E-state index is 11.8. The van der Waals surface area contributed by atoms with Gasteiger partial charge >= 0.3 is 0 Å². The maximum Gasteiger partial charge on any atom is 0.251 e. The van der Waals surface area contributed by atoms with E-state index in [0.29, 0.717) is 16.0 Å². The third kappa shape index (κ3) is 3.92. The second kappa shape index (κ2) is 6.25. The van der Waals surface area contributed by atoms with E-state index in [4.69, 9.17) is 0 Å². The van der Waals surface area contributed by atoms with Gasteiger partial charge in [-0.2, -0.15) is 0 Å². The molecule has 0 radical (unpaired) electrons. The lowest BCUT2D eigenvalue weighted by atomic mass is 10.7. The molecule has 8 heteroatoms. The van der Waals surface area contributed by atoms with Crippen molar-refractivity contribution in [1.29, 1.82) is 0 Å². The largest absolute Gasteiger partial charge is 0.260 e. The first-order valence-electron chi connectivity index (χ1n) is 4.55. The fourth-order valence-corrected chi connectivity index (χ4v) is 5.13. The van der Waals surface area contributed by atoms with Crippen molar-refractivity contribution in [3.05, 3.63) is 15.9 Å². The van der Waals surface area contributed by atoms with E-state index in [9.17, 15) is 12.6 Å². The van der Waals surface area contributed by atoms with Crippen molar-refractivity contribution in [3.63, 3.8) is 0 Å². The predicted octanol–water partition coefficient (Wildman–Crippen LogP) is 1.56. The van der Waals surface area contributed by atoms with Crippen LogP contribution in [0.3, 0.4) is 0 Å². The highest BCUT2D eigenvalue weighted by atomic mass is 79.9. The molecule has 1 heterocycles. The molecule has 1 rings (SSSR count). The van der Waals surface area contributed by atoms with Gasteiger partial charge in [-0.25, -0.2) is 13.1 Å². The SMILES string of the molecule is CCS(=O)CCNS(=O)(=O)c1sccc1Br. The number of sulfonamides is 1. The monoisotopic (exact) mass is 345 g/mol. The molecule has 1 atom stereocenters. The Hall–Kier alpha value is 0.240. The fourth-order valence-electron chi connectivity index (χ4n) is 0.971. The van der Waals surface area contributed by atoms with Gasteiger partial charge < -0.3 is 0 Å². The number of thiophene rings is 1. The highest BCUT2D eigenvalue weighted by Crippen LogP contribution is 2.27. The second-order valence-corrected chi connectivity index (χ2v) is 8.48. The summed E-state index contributed by atoms with van der Waals surface area (Å²) in [6.45, 7) is 2.01. The summed E-state index contributed by atoms with van der Waals surface area (Å²) in [5.74, 6) is 0.892. The molecule has 1 unspecified atom stereocenters. The summed E-state index contributed by atoms with van der Waals surface area (Å²) in [4.78, 5) is 0. The molecule has 92 valence electrons. The van der Waals surface area contributed by atoms with Crippen LogP contribution in [0.2, 0.25) is 0 Å². The van der Waals surface area contributed by atoms with Crippen LogP contribution in [0, 0.1) is 0 Å². The predicted molar refractivity (Wildman–Crippen MR) is 70.8 cm³/mol. The van der Waals surface area contributed by atoms with Crippen LogP contribution in [-0.4, -0.2) is 30.7 Å². The van der Waals surface area contributed by atoms with Crippen LogP contribution in [0.1, 0.15) is 6.92 Å². The van der Waals surface area contributed by atoms with Crippen LogP contribution >= 0.6 is 27.3 Å². The summed E-state index contributed by atoms with van der Waals surface area (Å²) in [5, 5.41) is 1.70. The molecule has 0 saturated carbocycles. The number of rotatable bonds is 6. The van der Waals surface area contributed by atoms with E-state index in [2.05, 4.69) is 20.7 Å². The van der Waals surface area contributed by atoms with Gasteiger partial charge in [0.2, 0.25) is 0 Å². The summed E-state index contributed by atoms with van der Waals surface area (Å²) in [5.41, 5.74) is 0. The number of hydrogen-bond donors (Lipinski definition) is 1. The van der Waals surface area contributed by atoms with Crippen molar-refractivity contribution < 1.29 is 12.6 Å². The zero-order valence-corrected chi connectivity index (χ0v) is 12.6. The number of nitrogens with one attached hydrogen (secondary N) is 1. The molecule has 0 saturated heterocycles. The average molecular weight is 346 g/mol. The van der Waals surface area contributed by atoms with Gasteiger partial charge in [-0.3, -0.25) is 4.21 Å². The van der Waals surface area contributed by atoms with E-state index in [1.54, 1.807) is 18.4 Å². The molecule has 16 heavy (non-hydrogen) atoms. The minimum Gasteiger partial charge on any atom is -0.260 e. The van der Waals surface area contributed by atoms with Crippen LogP contribution in [0.15, 0.2) is 20.1 Å². The lowest BCUT2D eigenvalue weighted by molar-refractivity contribution is 0.585. The van der Waals surface area contributed by atoms with Crippen molar-refractivity contribution in [2.24, 2.45) is 0 Å². The van der Waals surface area contributed by atoms with Gasteiger partial charge in [0, 0.05) is 33.3 Å². The molecule has 1 aromatic heterocycles. The third-order valence-electron chi connectivity index (χ3n) is 1.77. The van der Waals surface area contributed by atoms with E-state index >= 15 is 0 Å². The molecule has 1 aromatic rings. The molecule has 0 aliphatic rings. The lowest BCUT2D eigenvalue weighted by Crippen LogP contribution is -2.27. The van der Waals surface area contributed by atoms with E-state index in [-0.39, 0.29) is 10.8 Å². The molecule has 0 bridgehead atoms. The van der Waals surface area contributed by atoms with Crippen LogP contribution < -0.4 is 4.72 Å². The molecule has 0 aliphatic carbocycles. The quantitative estimate of drug-likeness (QED) is 0.850. The molecule has 0 aromatic carbocycles.